The van der Waals surface area contributed by atoms with E-state index in [1.165, 1.54) is 26.4 Å². The van der Waals surface area contributed by atoms with Gasteiger partial charge in [-0.2, -0.15) is 0 Å². The summed E-state index contributed by atoms with van der Waals surface area (Å²) in [4.78, 5) is 21.1. The van der Waals surface area contributed by atoms with Crippen LogP contribution in [0.2, 0.25) is 0 Å². The Morgan fingerprint density at radius 3 is 2.89 bits per heavy atom. The Kier molecular flexibility index (Phi) is 3.64. The molecule has 0 saturated carbocycles. The molecule has 2 rings (SSSR count). The summed E-state index contributed by atoms with van der Waals surface area (Å²) < 4.78 is 31.4. The number of carbonyl (C=O) groups excluding carboxylic acids is 1. The number of nitrogens with zero attached hydrogens (tertiary/aromatic N) is 3. The van der Waals surface area contributed by atoms with E-state index in [0.717, 1.165) is 0 Å². The second kappa shape index (κ2) is 5.07. The third-order valence-electron chi connectivity index (χ3n) is 3.27. The summed E-state index contributed by atoms with van der Waals surface area (Å²) in [5, 5.41) is 0. The Morgan fingerprint density at radius 2 is 2.26 bits per heavy atom. The van der Waals surface area contributed by atoms with Gasteiger partial charge in [0, 0.05) is 25.4 Å². The summed E-state index contributed by atoms with van der Waals surface area (Å²) in [7, 11) is 1.25. The van der Waals surface area contributed by atoms with Crippen LogP contribution in [0.4, 0.5) is 14.6 Å². The monoisotopic (exact) mass is 271 g/mol. The number of ether oxygens (including phenoxy) is 1. The number of hydrogen-bond donors (Lipinski definition) is 0. The number of rotatable bonds is 2. The quantitative estimate of drug-likeness (QED) is 0.767. The summed E-state index contributed by atoms with van der Waals surface area (Å²) in [5.41, 5.74) is 0.0741. The molecule has 1 atom stereocenters. The number of hydrogen-bond acceptors (Lipinski definition) is 5. The zero-order valence-corrected chi connectivity index (χ0v) is 10.8. The topological polar surface area (TPSA) is 55.3 Å². The first-order valence-electron chi connectivity index (χ1n) is 5.97. The molecule has 1 aliphatic heterocycles. The standard InChI is InChI=1S/C12H15F2N3O2/c1-8-7-17(4-3-12(8,13)14)10-6-15-5-9(16-10)11(18)19-2/h5-6,8H,3-4,7H2,1-2H3. The van der Waals surface area contributed by atoms with Gasteiger partial charge >= 0.3 is 5.97 Å². The second-order valence-corrected chi connectivity index (χ2v) is 4.61. The lowest BCUT2D eigenvalue weighted by molar-refractivity contribution is -0.0652. The van der Waals surface area contributed by atoms with E-state index in [4.69, 9.17) is 0 Å². The second-order valence-electron chi connectivity index (χ2n) is 4.61. The number of halogens is 2. The fourth-order valence-electron chi connectivity index (χ4n) is 2.00. The summed E-state index contributed by atoms with van der Waals surface area (Å²) in [6, 6.07) is 0. The molecule has 0 N–H and O–H groups in total. The van der Waals surface area contributed by atoms with Crippen molar-refractivity contribution in [3.05, 3.63) is 18.1 Å². The average Bonchev–Trinajstić information content (AvgIpc) is 2.41. The van der Waals surface area contributed by atoms with Gasteiger partial charge in [-0.1, -0.05) is 6.92 Å². The Balaban J connectivity index is 2.17. The first kappa shape index (κ1) is 13.6. The van der Waals surface area contributed by atoms with Gasteiger partial charge in [0.15, 0.2) is 5.69 Å². The van der Waals surface area contributed by atoms with Crippen LogP contribution < -0.4 is 4.90 Å². The van der Waals surface area contributed by atoms with Gasteiger partial charge in [-0.15, -0.1) is 0 Å². The number of methoxy groups -OCH3 is 1. The Hall–Kier alpha value is -1.79. The SMILES string of the molecule is COC(=O)c1cncc(N2CCC(F)(F)C(C)C2)n1. The predicted molar refractivity (Wildman–Crippen MR) is 64.3 cm³/mol. The lowest BCUT2D eigenvalue weighted by atomic mass is 9.95. The van der Waals surface area contributed by atoms with Gasteiger partial charge in [-0.05, 0) is 0 Å². The van der Waals surface area contributed by atoms with Crippen LogP contribution in [0.5, 0.6) is 0 Å². The molecule has 1 unspecified atom stereocenters. The van der Waals surface area contributed by atoms with Gasteiger partial charge in [-0.3, -0.25) is 4.98 Å². The van der Waals surface area contributed by atoms with E-state index in [1.54, 1.807) is 4.90 Å². The number of carbonyl (C=O) groups is 1. The molecule has 0 amide bonds. The van der Waals surface area contributed by atoms with E-state index in [0.29, 0.717) is 5.82 Å². The van der Waals surface area contributed by atoms with Crippen molar-refractivity contribution in [2.45, 2.75) is 19.3 Å². The molecule has 0 aromatic carbocycles. The highest BCUT2D eigenvalue weighted by atomic mass is 19.3. The maximum absolute atomic E-state index is 13.4. The third-order valence-corrected chi connectivity index (χ3v) is 3.27. The van der Waals surface area contributed by atoms with Crippen LogP contribution >= 0.6 is 0 Å². The van der Waals surface area contributed by atoms with Gasteiger partial charge in [0.05, 0.1) is 19.5 Å². The molecule has 1 saturated heterocycles. The molecule has 0 radical (unpaired) electrons. The molecule has 0 aliphatic carbocycles. The molecule has 19 heavy (non-hydrogen) atoms. The van der Waals surface area contributed by atoms with Crippen LogP contribution in [0, 0.1) is 5.92 Å². The molecule has 0 spiro atoms. The van der Waals surface area contributed by atoms with Crippen LogP contribution in [-0.4, -0.2) is 42.1 Å². The fraction of sp³-hybridized carbons (Fsp3) is 0.583. The summed E-state index contributed by atoms with van der Waals surface area (Å²) >= 11 is 0. The molecule has 5 nitrogen and oxygen atoms in total. The highest BCUT2D eigenvalue weighted by molar-refractivity contribution is 5.87. The normalized spacial score (nSPS) is 22.1. The molecule has 7 heteroatoms. The van der Waals surface area contributed by atoms with Gasteiger partial charge in [0.25, 0.3) is 5.92 Å². The summed E-state index contributed by atoms with van der Waals surface area (Å²) in [6.45, 7) is 1.88. The minimum atomic E-state index is -2.65. The van der Waals surface area contributed by atoms with Crippen molar-refractivity contribution in [3.8, 4) is 0 Å². The molecule has 1 fully saturated rings. The maximum Gasteiger partial charge on any atom is 0.358 e. The van der Waals surface area contributed by atoms with E-state index < -0.39 is 17.8 Å². The van der Waals surface area contributed by atoms with Crippen molar-refractivity contribution >= 4 is 11.8 Å². The van der Waals surface area contributed by atoms with E-state index >= 15 is 0 Å². The van der Waals surface area contributed by atoms with Crippen LogP contribution in [0.3, 0.4) is 0 Å². The first-order chi connectivity index (χ1) is 8.94. The van der Waals surface area contributed by atoms with E-state index in [9.17, 15) is 13.6 Å². The van der Waals surface area contributed by atoms with Crippen molar-refractivity contribution < 1.29 is 18.3 Å². The van der Waals surface area contributed by atoms with Gasteiger partial charge in [-0.25, -0.2) is 18.6 Å². The van der Waals surface area contributed by atoms with E-state index in [-0.39, 0.29) is 25.2 Å². The van der Waals surface area contributed by atoms with Crippen LogP contribution in [0.1, 0.15) is 23.8 Å². The van der Waals surface area contributed by atoms with Crippen molar-refractivity contribution in [3.63, 3.8) is 0 Å². The highest BCUT2D eigenvalue weighted by Crippen LogP contribution is 2.34. The fourth-order valence-corrected chi connectivity index (χ4v) is 2.00. The van der Waals surface area contributed by atoms with E-state index in [2.05, 4.69) is 14.7 Å². The van der Waals surface area contributed by atoms with Crippen molar-refractivity contribution in [1.29, 1.82) is 0 Å². The molecule has 1 aromatic heterocycles. The zero-order valence-electron chi connectivity index (χ0n) is 10.8. The molecule has 2 heterocycles. The lowest BCUT2D eigenvalue weighted by Gasteiger charge is -2.37. The molecule has 0 bridgehead atoms. The smallest absolute Gasteiger partial charge is 0.358 e. The summed E-state index contributed by atoms with van der Waals surface area (Å²) in [6.07, 6.45) is 2.53. The highest BCUT2D eigenvalue weighted by Gasteiger charge is 2.41. The Morgan fingerprint density at radius 1 is 1.53 bits per heavy atom. The van der Waals surface area contributed by atoms with Gasteiger partial charge in [0.2, 0.25) is 0 Å². The molecule has 104 valence electrons. The van der Waals surface area contributed by atoms with Gasteiger partial charge in [0.1, 0.15) is 5.82 Å². The van der Waals surface area contributed by atoms with Crippen molar-refractivity contribution in [2.75, 3.05) is 25.1 Å². The Labute approximate surface area is 109 Å². The van der Waals surface area contributed by atoms with Crippen molar-refractivity contribution in [1.82, 2.24) is 9.97 Å². The minimum absolute atomic E-state index is 0.0741. The maximum atomic E-state index is 13.4. The lowest BCUT2D eigenvalue weighted by Crippen LogP contribution is -2.46. The molecular formula is C12H15F2N3O2. The van der Waals surface area contributed by atoms with Crippen LogP contribution in [0.15, 0.2) is 12.4 Å². The first-order valence-corrected chi connectivity index (χ1v) is 5.97. The zero-order chi connectivity index (χ0) is 14.0. The predicted octanol–water partition coefficient (Wildman–Crippen LogP) is 1.74. The molecule has 1 aliphatic rings. The number of aromatic nitrogens is 2. The minimum Gasteiger partial charge on any atom is -0.464 e. The van der Waals surface area contributed by atoms with Gasteiger partial charge < -0.3 is 9.64 Å². The van der Waals surface area contributed by atoms with Crippen LogP contribution in [0.25, 0.3) is 0 Å². The third kappa shape index (κ3) is 2.80. The van der Waals surface area contributed by atoms with Crippen molar-refractivity contribution in [2.24, 2.45) is 5.92 Å². The number of anilines is 1. The number of piperidine rings is 1. The largest absolute Gasteiger partial charge is 0.464 e. The Bertz CT molecular complexity index is 482. The molecule has 1 aromatic rings. The number of alkyl halides is 2. The average molecular weight is 271 g/mol. The van der Waals surface area contributed by atoms with E-state index in [1.807, 2.05) is 0 Å². The molecular weight excluding hydrogens is 256 g/mol. The van der Waals surface area contributed by atoms with Crippen LogP contribution in [-0.2, 0) is 4.74 Å². The number of esters is 1. The summed E-state index contributed by atoms with van der Waals surface area (Å²) in [5.74, 6) is -3.58.